The molecule has 0 atom stereocenters. The Morgan fingerprint density at radius 1 is 1.24 bits per heavy atom. The molecule has 0 saturated carbocycles. The molecule has 0 fully saturated rings. The van der Waals surface area contributed by atoms with Gasteiger partial charge in [-0.2, -0.15) is 0 Å². The molecule has 100 valence electrons. The molecule has 0 rings (SSSR count). The predicted octanol–water partition coefficient (Wildman–Crippen LogP) is 2.07. The van der Waals surface area contributed by atoms with Crippen molar-refractivity contribution in [3.8, 4) is 0 Å². The summed E-state index contributed by atoms with van der Waals surface area (Å²) in [6.07, 6.45) is 2.39. The van der Waals surface area contributed by atoms with Crippen LogP contribution in [0.1, 0.15) is 47.0 Å². The van der Waals surface area contributed by atoms with Crippen molar-refractivity contribution in [3.05, 3.63) is 0 Å². The van der Waals surface area contributed by atoms with Crippen molar-refractivity contribution in [3.63, 3.8) is 0 Å². The van der Waals surface area contributed by atoms with Gasteiger partial charge in [-0.15, -0.1) is 0 Å². The molecular formula is C12H24N2O3. The zero-order valence-corrected chi connectivity index (χ0v) is 11.2. The van der Waals surface area contributed by atoms with Crippen LogP contribution in [0.15, 0.2) is 0 Å². The first-order chi connectivity index (χ1) is 7.88. The standard InChI is InChI=1S/C12H24N2O3/c1-5-8-14(9-10(15)16)11(17)13-12(4,6-2)7-3/h5-9H2,1-4H3,(H,13,17)(H,15,16). The average Bonchev–Trinajstić information content (AvgIpc) is 2.27. The van der Waals surface area contributed by atoms with E-state index in [1.807, 2.05) is 27.7 Å². The lowest BCUT2D eigenvalue weighted by Gasteiger charge is -2.31. The van der Waals surface area contributed by atoms with Gasteiger partial charge in [0.2, 0.25) is 0 Å². The summed E-state index contributed by atoms with van der Waals surface area (Å²) in [5.74, 6) is -0.983. The minimum absolute atomic E-state index is 0.247. The van der Waals surface area contributed by atoms with Gasteiger partial charge >= 0.3 is 12.0 Å². The molecule has 0 saturated heterocycles. The van der Waals surface area contributed by atoms with Gasteiger partial charge in [0.15, 0.2) is 0 Å². The van der Waals surface area contributed by atoms with Crippen LogP contribution in [-0.2, 0) is 4.79 Å². The maximum absolute atomic E-state index is 12.0. The van der Waals surface area contributed by atoms with Gasteiger partial charge in [0.05, 0.1) is 0 Å². The number of carboxylic acids is 1. The summed E-state index contributed by atoms with van der Waals surface area (Å²) in [5.41, 5.74) is -0.262. The smallest absolute Gasteiger partial charge is 0.323 e. The Balaban J connectivity index is 4.55. The summed E-state index contributed by atoms with van der Waals surface area (Å²) in [5, 5.41) is 11.7. The summed E-state index contributed by atoms with van der Waals surface area (Å²) in [6, 6.07) is -0.291. The third-order valence-corrected chi connectivity index (χ3v) is 3.08. The highest BCUT2D eigenvalue weighted by Gasteiger charge is 2.25. The Morgan fingerprint density at radius 2 is 1.76 bits per heavy atom. The summed E-state index contributed by atoms with van der Waals surface area (Å²) in [6.45, 7) is 8.11. The van der Waals surface area contributed by atoms with Crippen molar-refractivity contribution in [2.45, 2.75) is 52.5 Å². The largest absolute Gasteiger partial charge is 0.480 e. The molecule has 0 spiro atoms. The normalized spacial score (nSPS) is 11.1. The maximum Gasteiger partial charge on any atom is 0.323 e. The highest BCUT2D eigenvalue weighted by atomic mass is 16.4. The molecule has 2 N–H and O–H groups in total. The molecule has 2 amide bonds. The molecule has 0 aliphatic carbocycles. The Kier molecular flexibility index (Phi) is 6.61. The molecule has 5 nitrogen and oxygen atoms in total. The number of nitrogens with one attached hydrogen (secondary N) is 1. The monoisotopic (exact) mass is 244 g/mol. The van der Waals surface area contributed by atoms with Crippen LogP contribution >= 0.6 is 0 Å². The molecule has 17 heavy (non-hydrogen) atoms. The van der Waals surface area contributed by atoms with Gasteiger partial charge in [-0.25, -0.2) is 4.79 Å². The lowest BCUT2D eigenvalue weighted by atomic mass is 9.96. The van der Waals surface area contributed by atoms with E-state index in [9.17, 15) is 9.59 Å². The first-order valence-corrected chi connectivity index (χ1v) is 6.17. The quantitative estimate of drug-likeness (QED) is 0.720. The van der Waals surface area contributed by atoms with Crippen LogP contribution in [0.4, 0.5) is 4.79 Å². The minimum Gasteiger partial charge on any atom is -0.480 e. The number of carbonyl (C=O) groups excluding carboxylic acids is 1. The molecule has 5 heteroatoms. The maximum atomic E-state index is 12.0. The van der Waals surface area contributed by atoms with Crippen molar-refractivity contribution in [1.29, 1.82) is 0 Å². The summed E-state index contributed by atoms with van der Waals surface area (Å²) in [7, 11) is 0. The van der Waals surface area contributed by atoms with Crippen molar-refractivity contribution in [1.82, 2.24) is 10.2 Å². The minimum atomic E-state index is -0.983. The predicted molar refractivity (Wildman–Crippen MR) is 67.0 cm³/mol. The van der Waals surface area contributed by atoms with E-state index in [4.69, 9.17) is 5.11 Å². The van der Waals surface area contributed by atoms with Gasteiger partial charge in [0.1, 0.15) is 6.54 Å². The van der Waals surface area contributed by atoms with Crippen LogP contribution in [0.2, 0.25) is 0 Å². The van der Waals surface area contributed by atoms with Gasteiger partial charge in [0.25, 0.3) is 0 Å². The first kappa shape index (κ1) is 15.7. The Labute approximate surface area is 103 Å². The molecule has 0 bridgehead atoms. The number of aliphatic carboxylic acids is 1. The van der Waals surface area contributed by atoms with Gasteiger partial charge in [-0.05, 0) is 26.2 Å². The molecular weight excluding hydrogens is 220 g/mol. The zero-order valence-electron chi connectivity index (χ0n) is 11.2. The third kappa shape index (κ3) is 5.56. The molecule has 0 aliphatic rings. The van der Waals surface area contributed by atoms with E-state index in [0.29, 0.717) is 6.54 Å². The molecule has 0 radical (unpaired) electrons. The van der Waals surface area contributed by atoms with E-state index < -0.39 is 5.97 Å². The zero-order chi connectivity index (χ0) is 13.5. The lowest BCUT2D eigenvalue weighted by Crippen LogP contribution is -2.52. The fourth-order valence-electron chi connectivity index (χ4n) is 1.45. The fourth-order valence-corrected chi connectivity index (χ4v) is 1.45. The van der Waals surface area contributed by atoms with Crippen LogP contribution in [0.25, 0.3) is 0 Å². The van der Waals surface area contributed by atoms with E-state index in [2.05, 4.69) is 5.32 Å². The van der Waals surface area contributed by atoms with Crippen molar-refractivity contribution < 1.29 is 14.7 Å². The van der Waals surface area contributed by atoms with E-state index in [1.54, 1.807) is 0 Å². The topological polar surface area (TPSA) is 69.6 Å². The van der Waals surface area contributed by atoms with Crippen molar-refractivity contribution in [2.24, 2.45) is 0 Å². The molecule has 0 heterocycles. The molecule has 0 aromatic carbocycles. The second-order valence-corrected chi connectivity index (χ2v) is 4.51. The number of rotatable bonds is 7. The van der Waals surface area contributed by atoms with E-state index in [1.165, 1.54) is 4.90 Å². The first-order valence-electron chi connectivity index (χ1n) is 6.17. The SMILES string of the molecule is CCCN(CC(=O)O)C(=O)NC(C)(CC)CC. The lowest BCUT2D eigenvalue weighted by molar-refractivity contribution is -0.137. The summed E-state index contributed by atoms with van der Waals surface area (Å²) in [4.78, 5) is 24.0. The number of amides is 2. The van der Waals surface area contributed by atoms with Crippen LogP contribution < -0.4 is 5.32 Å². The second kappa shape index (κ2) is 7.14. The summed E-state index contributed by atoms with van der Waals surface area (Å²) < 4.78 is 0. The van der Waals surface area contributed by atoms with Gasteiger partial charge in [0, 0.05) is 12.1 Å². The Morgan fingerprint density at radius 3 is 2.12 bits per heavy atom. The van der Waals surface area contributed by atoms with Crippen LogP contribution in [0, 0.1) is 0 Å². The van der Waals surface area contributed by atoms with Crippen LogP contribution in [0.3, 0.4) is 0 Å². The average molecular weight is 244 g/mol. The van der Waals surface area contributed by atoms with Crippen molar-refractivity contribution >= 4 is 12.0 Å². The highest BCUT2D eigenvalue weighted by Crippen LogP contribution is 2.14. The van der Waals surface area contributed by atoms with E-state index in [0.717, 1.165) is 19.3 Å². The Bertz CT molecular complexity index is 262. The number of nitrogens with zero attached hydrogens (tertiary/aromatic N) is 1. The van der Waals surface area contributed by atoms with Gasteiger partial charge < -0.3 is 15.3 Å². The number of carbonyl (C=O) groups is 2. The highest BCUT2D eigenvalue weighted by molar-refractivity contribution is 5.80. The van der Waals surface area contributed by atoms with E-state index in [-0.39, 0.29) is 18.1 Å². The van der Waals surface area contributed by atoms with E-state index >= 15 is 0 Å². The molecule has 0 aliphatic heterocycles. The summed E-state index contributed by atoms with van der Waals surface area (Å²) >= 11 is 0. The number of urea groups is 1. The number of hydrogen-bond acceptors (Lipinski definition) is 2. The molecule has 0 aromatic heterocycles. The third-order valence-electron chi connectivity index (χ3n) is 3.08. The fraction of sp³-hybridized carbons (Fsp3) is 0.833. The second-order valence-electron chi connectivity index (χ2n) is 4.51. The van der Waals surface area contributed by atoms with Crippen LogP contribution in [-0.4, -0.2) is 40.6 Å². The van der Waals surface area contributed by atoms with Crippen molar-refractivity contribution in [2.75, 3.05) is 13.1 Å². The molecule has 0 unspecified atom stereocenters. The van der Waals surface area contributed by atoms with Gasteiger partial charge in [-0.3, -0.25) is 4.79 Å². The molecule has 0 aromatic rings. The Hall–Kier alpha value is -1.26. The van der Waals surface area contributed by atoms with Gasteiger partial charge in [-0.1, -0.05) is 20.8 Å². The number of hydrogen-bond donors (Lipinski definition) is 2. The van der Waals surface area contributed by atoms with Crippen LogP contribution in [0.5, 0.6) is 0 Å². The number of carboxylic acid groups (broad SMARTS) is 1.